The molecule has 29 heavy (non-hydrogen) atoms. The van der Waals surface area contributed by atoms with Crippen LogP contribution in [0.4, 0.5) is 8.78 Å². The van der Waals surface area contributed by atoms with Crippen molar-refractivity contribution in [1.29, 1.82) is 0 Å². The van der Waals surface area contributed by atoms with Crippen molar-refractivity contribution in [3.05, 3.63) is 29.8 Å². The zero-order valence-corrected chi connectivity index (χ0v) is 16.4. The number of carbonyl (C=O) groups is 2. The highest BCUT2D eigenvalue weighted by molar-refractivity contribution is 5.78. The topological polar surface area (TPSA) is 82.1 Å². The van der Waals surface area contributed by atoms with Crippen LogP contribution in [0.25, 0.3) is 0 Å². The Bertz CT molecular complexity index is 740. The molecule has 2 N–H and O–H groups in total. The Labute approximate surface area is 168 Å². The van der Waals surface area contributed by atoms with E-state index in [9.17, 15) is 23.5 Å². The quantitative estimate of drug-likeness (QED) is 0.753. The summed E-state index contributed by atoms with van der Waals surface area (Å²) < 4.78 is 31.6. The number of nitrogens with one attached hydrogen (secondary N) is 1. The predicted molar refractivity (Wildman–Crippen MR) is 101 cm³/mol. The van der Waals surface area contributed by atoms with Crippen molar-refractivity contribution in [1.82, 2.24) is 15.1 Å². The second-order valence-electron chi connectivity index (χ2n) is 7.57. The van der Waals surface area contributed by atoms with Crippen LogP contribution < -0.4 is 10.1 Å². The zero-order valence-electron chi connectivity index (χ0n) is 16.4. The molecule has 7 nitrogen and oxygen atoms in total. The van der Waals surface area contributed by atoms with Gasteiger partial charge in [0.25, 0.3) is 5.91 Å². The maximum atomic E-state index is 13.6. The molecule has 9 heteroatoms. The number of hydrogen-bond donors (Lipinski definition) is 2. The molecule has 2 fully saturated rings. The molecule has 3 rings (SSSR count). The third-order valence-corrected chi connectivity index (χ3v) is 5.65. The molecule has 1 saturated heterocycles. The van der Waals surface area contributed by atoms with Gasteiger partial charge in [-0.1, -0.05) is 0 Å². The van der Waals surface area contributed by atoms with E-state index < -0.39 is 36.3 Å². The van der Waals surface area contributed by atoms with Gasteiger partial charge in [-0.05, 0) is 31.4 Å². The molecule has 160 valence electrons. The van der Waals surface area contributed by atoms with Crippen molar-refractivity contribution in [3.8, 4) is 5.75 Å². The monoisotopic (exact) mass is 411 g/mol. The van der Waals surface area contributed by atoms with Crippen LogP contribution >= 0.6 is 0 Å². The summed E-state index contributed by atoms with van der Waals surface area (Å²) in [7, 11) is 0. The summed E-state index contributed by atoms with van der Waals surface area (Å²) in [6, 6.07) is 2.36. The maximum absolute atomic E-state index is 13.6. The summed E-state index contributed by atoms with van der Waals surface area (Å²) >= 11 is 0. The number of amides is 2. The third kappa shape index (κ3) is 5.42. The second-order valence-corrected chi connectivity index (χ2v) is 7.57. The van der Waals surface area contributed by atoms with Crippen molar-refractivity contribution in [3.63, 3.8) is 0 Å². The molecule has 0 radical (unpaired) electrons. The summed E-state index contributed by atoms with van der Waals surface area (Å²) in [5, 5.41) is 13.5. The standard InChI is InChI=1S/C20H27F2N3O4/c1-13(26)24-7-9-25(10-8-24)17-4-2-3-16(20(17)28)23-19(27)12-29-18-6-5-14(21)11-15(18)22/h5-6,11,16-17,20,28H,2-4,7-10,12H2,1H3,(H,23,27)/t16-,17-,20-/m1/s1. The van der Waals surface area contributed by atoms with Crippen molar-refractivity contribution in [2.24, 2.45) is 0 Å². The Balaban J connectivity index is 1.50. The van der Waals surface area contributed by atoms with E-state index in [4.69, 9.17) is 4.74 Å². The van der Waals surface area contributed by atoms with E-state index in [2.05, 4.69) is 10.2 Å². The molecule has 1 heterocycles. The maximum Gasteiger partial charge on any atom is 0.258 e. The van der Waals surface area contributed by atoms with Crippen LogP contribution in [-0.2, 0) is 9.59 Å². The van der Waals surface area contributed by atoms with Gasteiger partial charge in [0.2, 0.25) is 5.91 Å². The molecule has 1 aliphatic heterocycles. The highest BCUT2D eigenvalue weighted by Gasteiger charge is 2.37. The first-order valence-electron chi connectivity index (χ1n) is 9.90. The van der Waals surface area contributed by atoms with Gasteiger partial charge in [0.05, 0.1) is 12.1 Å². The van der Waals surface area contributed by atoms with Crippen LogP contribution in [0.15, 0.2) is 18.2 Å². The van der Waals surface area contributed by atoms with Gasteiger partial charge in [0, 0.05) is 45.2 Å². The first kappa shape index (κ1) is 21.4. The number of rotatable bonds is 5. The summed E-state index contributed by atoms with van der Waals surface area (Å²) in [5.74, 6) is -2.22. The predicted octanol–water partition coefficient (Wildman–Crippen LogP) is 0.906. The fourth-order valence-electron chi connectivity index (χ4n) is 4.07. The highest BCUT2D eigenvalue weighted by Crippen LogP contribution is 2.25. The van der Waals surface area contributed by atoms with E-state index in [1.165, 1.54) is 0 Å². The molecule has 0 unspecified atom stereocenters. The third-order valence-electron chi connectivity index (χ3n) is 5.65. The van der Waals surface area contributed by atoms with E-state index in [0.29, 0.717) is 38.7 Å². The van der Waals surface area contributed by atoms with Gasteiger partial charge >= 0.3 is 0 Å². The molecule has 1 aromatic rings. The van der Waals surface area contributed by atoms with Crippen LogP contribution in [0.3, 0.4) is 0 Å². The first-order valence-corrected chi connectivity index (χ1v) is 9.90. The lowest BCUT2D eigenvalue weighted by Gasteiger charge is -2.45. The van der Waals surface area contributed by atoms with Crippen LogP contribution in [-0.4, -0.2) is 77.7 Å². The molecule has 3 atom stereocenters. The average Bonchev–Trinajstić information content (AvgIpc) is 2.69. The number of aliphatic hydroxyl groups excluding tert-OH is 1. The van der Waals surface area contributed by atoms with E-state index >= 15 is 0 Å². The van der Waals surface area contributed by atoms with Crippen molar-refractivity contribution in [2.75, 3.05) is 32.8 Å². The molecular weight excluding hydrogens is 384 g/mol. The van der Waals surface area contributed by atoms with Gasteiger partial charge < -0.3 is 20.1 Å². The number of hydrogen-bond acceptors (Lipinski definition) is 5. The SMILES string of the molecule is CC(=O)N1CCN([C@@H]2CCC[C@@H](NC(=O)COc3ccc(F)cc3F)[C@H]2O)CC1. The van der Waals surface area contributed by atoms with Crippen LogP contribution in [0.2, 0.25) is 0 Å². The molecule has 0 spiro atoms. The lowest BCUT2D eigenvalue weighted by molar-refractivity contribution is -0.132. The van der Waals surface area contributed by atoms with E-state index in [-0.39, 0.29) is 17.7 Å². The van der Waals surface area contributed by atoms with Crippen molar-refractivity contribution >= 4 is 11.8 Å². The fraction of sp³-hybridized carbons (Fsp3) is 0.600. The fourth-order valence-corrected chi connectivity index (χ4v) is 4.07. The molecule has 2 amide bonds. The number of benzene rings is 1. The second kappa shape index (κ2) is 9.49. The van der Waals surface area contributed by atoms with Gasteiger partial charge in [-0.3, -0.25) is 14.5 Å². The summed E-state index contributed by atoms with van der Waals surface area (Å²) in [6.07, 6.45) is 1.58. The summed E-state index contributed by atoms with van der Waals surface area (Å²) in [6.45, 7) is 3.77. The number of aliphatic hydroxyl groups is 1. The van der Waals surface area contributed by atoms with Crippen molar-refractivity contribution in [2.45, 2.75) is 44.4 Å². The number of ether oxygens (including phenoxy) is 1. The van der Waals surface area contributed by atoms with Crippen LogP contribution in [0.5, 0.6) is 5.75 Å². The number of carbonyl (C=O) groups excluding carboxylic acids is 2. The van der Waals surface area contributed by atoms with Gasteiger partial charge in [-0.2, -0.15) is 0 Å². The smallest absolute Gasteiger partial charge is 0.258 e. The minimum Gasteiger partial charge on any atom is -0.481 e. The molecule has 1 aliphatic carbocycles. The molecule has 1 aromatic carbocycles. The highest BCUT2D eigenvalue weighted by atomic mass is 19.1. The largest absolute Gasteiger partial charge is 0.481 e. The average molecular weight is 411 g/mol. The van der Waals surface area contributed by atoms with Crippen LogP contribution in [0.1, 0.15) is 26.2 Å². The Kier molecular flexibility index (Phi) is 7.02. The summed E-state index contributed by atoms with van der Waals surface area (Å²) in [5.41, 5.74) is 0. The van der Waals surface area contributed by atoms with Gasteiger partial charge in [0.1, 0.15) is 5.82 Å². The molecular formula is C20H27F2N3O4. The Morgan fingerprint density at radius 3 is 2.59 bits per heavy atom. The van der Waals surface area contributed by atoms with Gasteiger partial charge in [-0.15, -0.1) is 0 Å². The number of nitrogens with zero attached hydrogens (tertiary/aromatic N) is 2. The van der Waals surface area contributed by atoms with Gasteiger partial charge in [0.15, 0.2) is 18.2 Å². The van der Waals surface area contributed by atoms with Gasteiger partial charge in [-0.25, -0.2) is 8.78 Å². The molecule has 0 bridgehead atoms. The van der Waals surface area contributed by atoms with E-state index in [0.717, 1.165) is 25.0 Å². The first-order chi connectivity index (χ1) is 13.8. The Morgan fingerprint density at radius 2 is 1.93 bits per heavy atom. The molecule has 0 aromatic heterocycles. The van der Waals surface area contributed by atoms with Crippen molar-refractivity contribution < 1.29 is 28.2 Å². The van der Waals surface area contributed by atoms with Crippen LogP contribution in [0, 0.1) is 11.6 Å². The Hall–Kier alpha value is -2.26. The summed E-state index contributed by atoms with van der Waals surface area (Å²) in [4.78, 5) is 27.6. The lowest BCUT2D eigenvalue weighted by atomic mass is 9.86. The number of halogens is 2. The molecule has 2 aliphatic rings. The minimum atomic E-state index is -0.875. The van der Waals surface area contributed by atoms with E-state index in [1.54, 1.807) is 11.8 Å². The minimum absolute atomic E-state index is 0.0524. The normalized spacial score (nSPS) is 25.5. The molecule has 1 saturated carbocycles. The number of piperazine rings is 1. The zero-order chi connectivity index (χ0) is 21.0. The lowest BCUT2D eigenvalue weighted by Crippen LogP contribution is -2.60. The van der Waals surface area contributed by atoms with E-state index in [1.807, 2.05) is 0 Å². The Morgan fingerprint density at radius 1 is 1.21 bits per heavy atom.